The lowest BCUT2D eigenvalue weighted by molar-refractivity contribution is -0.384. The van der Waals surface area contributed by atoms with E-state index in [1.54, 1.807) is 24.3 Å². The number of aliphatic imine (C=N–C) groups is 1. The van der Waals surface area contributed by atoms with Crippen molar-refractivity contribution in [1.29, 1.82) is 0 Å². The molecule has 0 amide bonds. The van der Waals surface area contributed by atoms with Gasteiger partial charge in [0.25, 0.3) is 5.69 Å². The number of nitro groups is 1. The van der Waals surface area contributed by atoms with E-state index in [0.29, 0.717) is 34.8 Å². The second kappa shape index (κ2) is 11.7. The lowest BCUT2D eigenvalue weighted by Gasteiger charge is -2.15. The Morgan fingerprint density at radius 3 is 2.64 bits per heavy atom. The fourth-order valence-electron chi connectivity index (χ4n) is 3.31. The zero-order valence-corrected chi connectivity index (χ0v) is 24.6. The summed E-state index contributed by atoms with van der Waals surface area (Å²) < 4.78 is 19.8. The van der Waals surface area contributed by atoms with E-state index in [2.05, 4.69) is 66.1 Å². The van der Waals surface area contributed by atoms with Crippen molar-refractivity contribution in [3.05, 3.63) is 98.7 Å². The highest BCUT2D eigenvalue weighted by atomic mass is 127. The number of ether oxygens (including phenoxy) is 3. The van der Waals surface area contributed by atoms with E-state index in [1.165, 1.54) is 12.1 Å². The SMILES string of the molecule is CCOc1cc(/C=C2\N=C(c3ccc(I)c(Br)c3)OC2=O)cc(I)c1OCc1cccc([N+](=O)[O-])c1. The maximum Gasteiger partial charge on any atom is 0.363 e. The molecule has 0 N–H and O–H groups in total. The average Bonchev–Trinajstić information content (AvgIpc) is 3.20. The summed E-state index contributed by atoms with van der Waals surface area (Å²) >= 11 is 7.80. The van der Waals surface area contributed by atoms with Crippen molar-refractivity contribution in [1.82, 2.24) is 0 Å². The van der Waals surface area contributed by atoms with Crippen LogP contribution in [0.1, 0.15) is 23.6 Å². The third kappa shape index (κ3) is 6.24. The van der Waals surface area contributed by atoms with Gasteiger partial charge in [-0.25, -0.2) is 9.79 Å². The molecule has 0 unspecified atom stereocenters. The molecule has 36 heavy (non-hydrogen) atoms. The molecule has 0 bridgehead atoms. The van der Waals surface area contributed by atoms with Crippen molar-refractivity contribution in [2.45, 2.75) is 13.5 Å². The molecular formula is C25H17BrI2N2O6. The molecule has 184 valence electrons. The predicted molar refractivity (Wildman–Crippen MR) is 155 cm³/mol. The second-order valence-electron chi connectivity index (χ2n) is 7.44. The number of nitrogens with zero attached hydrogens (tertiary/aromatic N) is 2. The summed E-state index contributed by atoms with van der Waals surface area (Å²) in [5, 5.41) is 11.0. The van der Waals surface area contributed by atoms with Crippen LogP contribution in [-0.4, -0.2) is 23.4 Å². The number of carbonyl (C=O) groups is 1. The molecule has 1 aliphatic heterocycles. The molecular weight excluding hydrogens is 758 g/mol. The van der Waals surface area contributed by atoms with E-state index in [-0.39, 0.29) is 23.9 Å². The topological polar surface area (TPSA) is 100 Å². The predicted octanol–water partition coefficient (Wildman–Crippen LogP) is 6.89. The highest BCUT2D eigenvalue weighted by Gasteiger charge is 2.25. The number of benzene rings is 3. The maximum atomic E-state index is 12.5. The third-order valence-corrected chi connectivity index (χ3v) is 8.07. The Morgan fingerprint density at radius 1 is 1.11 bits per heavy atom. The monoisotopic (exact) mass is 774 g/mol. The van der Waals surface area contributed by atoms with Gasteiger partial charge in [0.1, 0.15) is 6.61 Å². The van der Waals surface area contributed by atoms with Gasteiger partial charge in [-0.15, -0.1) is 0 Å². The van der Waals surface area contributed by atoms with Gasteiger partial charge in [-0.1, -0.05) is 12.1 Å². The summed E-state index contributed by atoms with van der Waals surface area (Å²) in [6.07, 6.45) is 1.63. The molecule has 0 saturated carbocycles. The van der Waals surface area contributed by atoms with Crippen molar-refractivity contribution in [3.8, 4) is 11.5 Å². The van der Waals surface area contributed by atoms with Crippen LogP contribution in [0.5, 0.6) is 11.5 Å². The number of halogens is 3. The molecule has 11 heteroatoms. The van der Waals surface area contributed by atoms with Crippen LogP contribution >= 0.6 is 61.1 Å². The van der Waals surface area contributed by atoms with Crippen LogP contribution in [0.4, 0.5) is 5.69 Å². The lowest BCUT2D eigenvalue weighted by atomic mass is 10.1. The number of nitro benzene ring substituents is 1. The lowest BCUT2D eigenvalue weighted by Crippen LogP contribution is -2.05. The van der Waals surface area contributed by atoms with Gasteiger partial charge in [-0.2, -0.15) is 0 Å². The zero-order chi connectivity index (χ0) is 25.8. The Morgan fingerprint density at radius 2 is 1.92 bits per heavy atom. The Labute approximate surface area is 242 Å². The van der Waals surface area contributed by atoms with Crippen molar-refractivity contribution in [2.24, 2.45) is 4.99 Å². The summed E-state index contributed by atoms with van der Waals surface area (Å²) in [6.45, 7) is 2.38. The summed E-state index contributed by atoms with van der Waals surface area (Å²) in [5.41, 5.74) is 2.20. The zero-order valence-electron chi connectivity index (χ0n) is 18.7. The standard InChI is InChI=1S/C25H17BrI2N2O6/c1-2-34-22-11-15(9-20(28)23(22)35-13-14-4-3-5-17(8-14)30(32)33)10-21-25(31)36-24(29-21)16-6-7-19(27)18(26)12-16/h3-12H,2,13H2,1H3/b21-10-. The number of non-ortho nitro benzene ring substituents is 1. The normalized spacial score (nSPS) is 13.9. The molecule has 0 radical (unpaired) electrons. The van der Waals surface area contributed by atoms with Gasteiger partial charge in [0, 0.05) is 25.7 Å². The molecule has 0 aromatic heterocycles. The fraction of sp³-hybridized carbons (Fsp3) is 0.120. The van der Waals surface area contributed by atoms with Crippen LogP contribution in [0, 0.1) is 17.3 Å². The van der Waals surface area contributed by atoms with Crippen LogP contribution in [0.3, 0.4) is 0 Å². The molecule has 3 aromatic carbocycles. The molecule has 1 heterocycles. The first-order valence-electron chi connectivity index (χ1n) is 10.6. The van der Waals surface area contributed by atoms with Gasteiger partial charge in [0.15, 0.2) is 17.2 Å². The molecule has 3 aromatic rings. The maximum absolute atomic E-state index is 12.5. The minimum absolute atomic E-state index is 0.00114. The van der Waals surface area contributed by atoms with Gasteiger partial charge in [0.05, 0.1) is 15.1 Å². The second-order valence-corrected chi connectivity index (χ2v) is 10.6. The van der Waals surface area contributed by atoms with Gasteiger partial charge in [0.2, 0.25) is 5.90 Å². The number of rotatable bonds is 8. The number of esters is 1. The smallest absolute Gasteiger partial charge is 0.363 e. The number of carbonyl (C=O) groups excluding carboxylic acids is 1. The summed E-state index contributed by atoms with van der Waals surface area (Å²) in [5.74, 6) is 0.686. The van der Waals surface area contributed by atoms with Gasteiger partial charge >= 0.3 is 5.97 Å². The van der Waals surface area contributed by atoms with Crippen LogP contribution in [0.2, 0.25) is 0 Å². The minimum atomic E-state index is -0.543. The van der Waals surface area contributed by atoms with E-state index < -0.39 is 10.9 Å². The van der Waals surface area contributed by atoms with E-state index in [1.807, 2.05) is 31.2 Å². The van der Waals surface area contributed by atoms with Gasteiger partial charge < -0.3 is 14.2 Å². The van der Waals surface area contributed by atoms with Crippen molar-refractivity contribution >= 4 is 84.7 Å². The van der Waals surface area contributed by atoms with E-state index in [9.17, 15) is 14.9 Å². The molecule has 0 aliphatic carbocycles. The molecule has 1 aliphatic rings. The summed E-state index contributed by atoms with van der Waals surface area (Å²) in [6, 6.07) is 15.5. The first-order chi connectivity index (χ1) is 17.2. The molecule has 4 rings (SSSR count). The highest BCUT2D eigenvalue weighted by Crippen LogP contribution is 2.36. The summed E-state index contributed by atoms with van der Waals surface area (Å²) in [4.78, 5) is 27.5. The number of hydrogen-bond donors (Lipinski definition) is 0. The Balaban J connectivity index is 1.60. The minimum Gasteiger partial charge on any atom is -0.490 e. The van der Waals surface area contributed by atoms with Crippen LogP contribution < -0.4 is 9.47 Å². The Hall–Kier alpha value is -2.52. The van der Waals surface area contributed by atoms with Crippen molar-refractivity contribution in [2.75, 3.05) is 6.61 Å². The summed E-state index contributed by atoms with van der Waals surface area (Å²) in [7, 11) is 0. The van der Waals surface area contributed by atoms with Crippen LogP contribution in [0.15, 0.2) is 69.8 Å². The Kier molecular flexibility index (Phi) is 8.62. The first-order valence-corrected chi connectivity index (χ1v) is 13.5. The average molecular weight is 775 g/mol. The Bertz CT molecular complexity index is 1420. The third-order valence-electron chi connectivity index (χ3n) is 4.93. The molecule has 8 nitrogen and oxygen atoms in total. The van der Waals surface area contributed by atoms with Crippen LogP contribution in [-0.2, 0) is 16.1 Å². The first kappa shape index (κ1) is 26.5. The number of hydrogen-bond acceptors (Lipinski definition) is 7. The van der Waals surface area contributed by atoms with E-state index in [4.69, 9.17) is 14.2 Å². The van der Waals surface area contributed by atoms with Crippen molar-refractivity contribution in [3.63, 3.8) is 0 Å². The fourth-order valence-corrected chi connectivity index (χ4v) is 4.80. The van der Waals surface area contributed by atoms with Crippen molar-refractivity contribution < 1.29 is 23.9 Å². The molecule has 0 saturated heterocycles. The quantitative estimate of drug-likeness (QED) is 0.0814. The number of cyclic esters (lactones) is 1. The van der Waals surface area contributed by atoms with Gasteiger partial charge in [-0.3, -0.25) is 10.1 Å². The van der Waals surface area contributed by atoms with E-state index >= 15 is 0 Å². The molecule has 0 fully saturated rings. The van der Waals surface area contributed by atoms with Crippen LogP contribution in [0.25, 0.3) is 6.08 Å². The van der Waals surface area contributed by atoms with E-state index in [0.717, 1.165) is 11.6 Å². The van der Waals surface area contributed by atoms with Gasteiger partial charge in [-0.05, 0) is 116 Å². The molecule has 0 spiro atoms. The highest BCUT2D eigenvalue weighted by molar-refractivity contribution is 14.1. The largest absolute Gasteiger partial charge is 0.490 e. The molecule has 0 atom stereocenters.